The van der Waals surface area contributed by atoms with Gasteiger partial charge in [0.15, 0.2) is 0 Å². The highest BCUT2D eigenvalue weighted by molar-refractivity contribution is 7.92. The minimum atomic E-state index is -3.84. The van der Waals surface area contributed by atoms with Gasteiger partial charge >= 0.3 is 11.6 Å². The first-order valence-corrected chi connectivity index (χ1v) is 9.21. The van der Waals surface area contributed by atoms with Gasteiger partial charge in [0, 0.05) is 17.1 Å². The van der Waals surface area contributed by atoms with E-state index in [4.69, 9.17) is 9.15 Å². The molecule has 1 heterocycles. The van der Waals surface area contributed by atoms with Gasteiger partial charge in [-0.15, -0.1) is 0 Å². The maximum atomic E-state index is 12.5. The molecule has 1 N–H and O–H groups in total. The fourth-order valence-electron chi connectivity index (χ4n) is 2.33. The summed E-state index contributed by atoms with van der Waals surface area (Å²) in [6, 6.07) is 12.8. The van der Waals surface area contributed by atoms with Crippen molar-refractivity contribution in [2.45, 2.75) is 11.8 Å². The monoisotopic (exact) mass is 373 g/mol. The van der Waals surface area contributed by atoms with Crippen LogP contribution in [0.25, 0.3) is 11.0 Å². The van der Waals surface area contributed by atoms with Crippen molar-refractivity contribution in [2.75, 3.05) is 11.3 Å². The zero-order valence-electron chi connectivity index (χ0n) is 13.8. The number of sulfonamides is 1. The van der Waals surface area contributed by atoms with E-state index in [1.807, 2.05) is 0 Å². The highest BCUT2D eigenvalue weighted by Gasteiger charge is 2.16. The first kappa shape index (κ1) is 17.7. The fraction of sp³-hybridized carbons (Fsp3) is 0.111. The Kier molecular flexibility index (Phi) is 4.77. The number of carbonyl (C=O) groups is 1. The van der Waals surface area contributed by atoms with Crippen LogP contribution in [0.4, 0.5) is 5.69 Å². The Morgan fingerprint density at radius 1 is 1.08 bits per heavy atom. The number of ether oxygens (including phenoxy) is 1. The van der Waals surface area contributed by atoms with Crippen LogP contribution in [0.5, 0.6) is 0 Å². The molecule has 1 aromatic heterocycles. The largest absolute Gasteiger partial charge is 0.462 e. The zero-order valence-corrected chi connectivity index (χ0v) is 14.6. The van der Waals surface area contributed by atoms with Gasteiger partial charge < -0.3 is 9.15 Å². The lowest BCUT2D eigenvalue weighted by molar-refractivity contribution is 0.0526. The van der Waals surface area contributed by atoms with Crippen molar-refractivity contribution in [3.05, 3.63) is 70.6 Å². The minimum absolute atomic E-state index is 0.00485. The normalized spacial score (nSPS) is 11.3. The van der Waals surface area contributed by atoms with Crippen molar-refractivity contribution in [3.63, 3.8) is 0 Å². The van der Waals surface area contributed by atoms with Crippen LogP contribution in [0, 0.1) is 0 Å². The van der Waals surface area contributed by atoms with Gasteiger partial charge in [-0.05, 0) is 55.5 Å². The summed E-state index contributed by atoms with van der Waals surface area (Å²) in [6.45, 7) is 1.93. The van der Waals surface area contributed by atoms with Crippen LogP contribution >= 0.6 is 0 Å². The molecule has 134 valence electrons. The van der Waals surface area contributed by atoms with E-state index >= 15 is 0 Å². The second-order valence-corrected chi connectivity index (χ2v) is 7.04. The summed E-state index contributed by atoms with van der Waals surface area (Å²) < 4.78 is 37.3. The molecule has 0 spiro atoms. The minimum Gasteiger partial charge on any atom is -0.462 e. The first-order valence-electron chi connectivity index (χ1n) is 7.73. The number of anilines is 1. The molecule has 3 aromatic rings. The van der Waals surface area contributed by atoms with Gasteiger partial charge in [0.05, 0.1) is 17.1 Å². The van der Waals surface area contributed by atoms with Gasteiger partial charge in [0.1, 0.15) is 5.58 Å². The lowest BCUT2D eigenvalue weighted by Gasteiger charge is -2.09. The van der Waals surface area contributed by atoms with Crippen molar-refractivity contribution in [2.24, 2.45) is 0 Å². The first-order chi connectivity index (χ1) is 12.4. The van der Waals surface area contributed by atoms with Crippen LogP contribution in [0.2, 0.25) is 0 Å². The van der Waals surface area contributed by atoms with E-state index in [0.29, 0.717) is 16.7 Å². The van der Waals surface area contributed by atoms with E-state index in [1.54, 1.807) is 19.1 Å². The molecule has 0 bridgehead atoms. The molecule has 0 aliphatic rings. The molecular formula is C18H15NO6S. The molecule has 26 heavy (non-hydrogen) atoms. The Bertz CT molecular complexity index is 1120. The van der Waals surface area contributed by atoms with E-state index in [9.17, 15) is 18.0 Å². The van der Waals surface area contributed by atoms with Gasteiger partial charge in [-0.1, -0.05) is 0 Å². The Labute approximate surface area is 149 Å². The number of esters is 1. The number of nitrogens with one attached hydrogen (secondary N) is 1. The summed E-state index contributed by atoms with van der Waals surface area (Å²) in [5.74, 6) is -0.513. The molecule has 0 saturated heterocycles. The molecule has 0 saturated carbocycles. The van der Waals surface area contributed by atoms with Gasteiger partial charge in [-0.25, -0.2) is 18.0 Å². The number of carbonyl (C=O) groups excluding carboxylic acids is 1. The third kappa shape index (κ3) is 3.75. The zero-order chi connectivity index (χ0) is 18.7. The van der Waals surface area contributed by atoms with Crippen LogP contribution in [0.15, 0.2) is 68.7 Å². The van der Waals surface area contributed by atoms with Crippen molar-refractivity contribution in [1.29, 1.82) is 0 Å². The summed E-state index contributed by atoms with van der Waals surface area (Å²) in [6.07, 6.45) is 0. The van der Waals surface area contributed by atoms with E-state index in [-0.39, 0.29) is 17.1 Å². The van der Waals surface area contributed by atoms with Crippen LogP contribution < -0.4 is 10.3 Å². The predicted octanol–water partition coefficient (Wildman–Crippen LogP) is 2.77. The number of hydrogen-bond acceptors (Lipinski definition) is 6. The lowest BCUT2D eigenvalue weighted by Crippen LogP contribution is -2.13. The molecular weight excluding hydrogens is 358 g/mol. The van der Waals surface area contributed by atoms with Crippen molar-refractivity contribution in [1.82, 2.24) is 0 Å². The maximum Gasteiger partial charge on any atom is 0.338 e. The van der Waals surface area contributed by atoms with Crippen LogP contribution in [0.1, 0.15) is 17.3 Å². The summed E-state index contributed by atoms with van der Waals surface area (Å²) >= 11 is 0. The molecule has 3 rings (SSSR count). The summed E-state index contributed by atoms with van der Waals surface area (Å²) in [5.41, 5.74) is 0.471. The summed E-state index contributed by atoms with van der Waals surface area (Å²) in [4.78, 5) is 22.8. The molecule has 7 nitrogen and oxygen atoms in total. The van der Waals surface area contributed by atoms with Gasteiger partial charge in [-0.2, -0.15) is 0 Å². The molecule has 0 unspecified atom stereocenters. The van der Waals surface area contributed by atoms with Crippen molar-refractivity contribution >= 4 is 32.6 Å². The van der Waals surface area contributed by atoms with Gasteiger partial charge in [0.2, 0.25) is 0 Å². The lowest BCUT2D eigenvalue weighted by atomic mass is 10.2. The Hall–Kier alpha value is -3.13. The third-order valence-corrected chi connectivity index (χ3v) is 4.94. The highest BCUT2D eigenvalue weighted by Crippen LogP contribution is 2.21. The number of benzene rings is 2. The highest BCUT2D eigenvalue weighted by atomic mass is 32.2. The standard InChI is InChI=1S/C18H15NO6S/c1-2-24-18(21)12-3-7-15(8-4-12)26(22,23)19-14-6-9-16-13(11-14)5-10-17(20)25-16/h3-11,19H,2H2,1H3. The summed E-state index contributed by atoms with van der Waals surface area (Å²) in [5, 5.41) is 0.586. The van der Waals surface area contributed by atoms with E-state index in [0.717, 1.165) is 0 Å². The third-order valence-electron chi connectivity index (χ3n) is 3.55. The van der Waals surface area contributed by atoms with Crippen molar-refractivity contribution < 1.29 is 22.4 Å². The van der Waals surface area contributed by atoms with E-state index in [1.165, 1.54) is 42.5 Å². The topological polar surface area (TPSA) is 103 Å². The second kappa shape index (κ2) is 7.01. The Morgan fingerprint density at radius 3 is 2.50 bits per heavy atom. The molecule has 8 heteroatoms. The Balaban J connectivity index is 1.85. The molecule has 0 aliphatic heterocycles. The fourth-order valence-corrected chi connectivity index (χ4v) is 3.38. The van der Waals surface area contributed by atoms with Gasteiger partial charge in [-0.3, -0.25) is 4.72 Å². The molecule has 2 aromatic carbocycles. The number of rotatable bonds is 5. The number of fused-ring (bicyclic) bond motifs is 1. The molecule has 0 atom stereocenters. The van der Waals surface area contributed by atoms with Crippen molar-refractivity contribution in [3.8, 4) is 0 Å². The molecule has 0 fully saturated rings. The Morgan fingerprint density at radius 2 is 1.81 bits per heavy atom. The van der Waals surface area contributed by atoms with Crippen LogP contribution in [-0.2, 0) is 14.8 Å². The summed E-state index contributed by atoms with van der Waals surface area (Å²) in [7, 11) is -3.84. The SMILES string of the molecule is CCOC(=O)c1ccc(S(=O)(=O)Nc2ccc3oc(=O)ccc3c2)cc1. The number of hydrogen-bond donors (Lipinski definition) is 1. The molecule has 0 aliphatic carbocycles. The van der Waals surface area contributed by atoms with E-state index in [2.05, 4.69) is 4.72 Å². The quantitative estimate of drug-likeness (QED) is 0.545. The van der Waals surface area contributed by atoms with Crippen LogP contribution in [-0.4, -0.2) is 21.0 Å². The molecule has 0 amide bonds. The smallest absolute Gasteiger partial charge is 0.338 e. The average Bonchev–Trinajstić information content (AvgIpc) is 2.62. The average molecular weight is 373 g/mol. The van der Waals surface area contributed by atoms with Crippen LogP contribution in [0.3, 0.4) is 0 Å². The predicted molar refractivity (Wildman–Crippen MR) is 95.7 cm³/mol. The van der Waals surface area contributed by atoms with E-state index < -0.39 is 21.6 Å². The second-order valence-electron chi connectivity index (χ2n) is 5.36. The molecule has 0 radical (unpaired) electrons. The van der Waals surface area contributed by atoms with Gasteiger partial charge in [0.25, 0.3) is 10.0 Å². The maximum absolute atomic E-state index is 12.5.